The summed E-state index contributed by atoms with van der Waals surface area (Å²) in [6.07, 6.45) is 0.678. The van der Waals surface area contributed by atoms with E-state index >= 15 is 0 Å². The molecular formula is C10H11N3O. The number of imidazole rings is 1. The average molecular weight is 189 g/mol. The second kappa shape index (κ2) is 3.49. The largest absolute Gasteiger partial charge is 0.349 e. The van der Waals surface area contributed by atoms with Crippen molar-refractivity contribution in [1.29, 1.82) is 0 Å². The van der Waals surface area contributed by atoms with E-state index in [0.29, 0.717) is 6.41 Å². The number of carbonyl (C=O) groups is 1. The van der Waals surface area contributed by atoms with Crippen LogP contribution in [-0.2, 0) is 4.79 Å². The van der Waals surface area contributed by atoms with E-state index in [9.17, 15) is 4.79 Å². The molecule has 2 aromatic rings. The van der Waals surface area contributed by atoms with Gasteiger partial charge in [-0.15, -0.1) is 0 Å². The van der Waals surface area contributed by atoms with Gasteiger partial charge in [-0.25, -0.2) is 4.98 Å². The SMILES string of the molecule is C[C@@H](NC=O)c1nc2ccccc2[nH]1. The van der Waals surface area contributed by atoms with E-state index in [0.717, 1.165) is 16.9 Å². The highest BCUT2D eigenvalue weighted by Gasteiger charge is 2.08. The van der Waals surface area contributed by atoms with Gasteiger partial charge >= 0.3 is 0 Å². The predicted molar refractivity (Wildman–Crippen MR) is 53.7 cm³/mol. The highest BCUT2D eigenvalue weighted by atomic mass is 16.1. The molecule has 0 saturated heterocycles. The fraction of sp³-hybridized carbons (Fsp3) is 0.200. The summed E-state index contributed by atoms with van der Waals surface area (Å²) in [6.45, 7) is 1.88. The molecule has 0 fully saturated rings. The number of hydrogen-bond donors (Lipinski definition) is 2. The second-order valence-corrected chi connectivity index (χ2v) is 3.15. The molecule has 2 rings (SSSR count). The Morgan fingerprint density at radius 3 is 3.00 bits per heavy atom. The zero-order chi connectivity index (χ0) is 9.97. The molecule has 0 bridgehead atoms. The van der Waals surface area contributed by atoms with E-state index in [-0.39, 0.29) is 6.04 Å². The zero-order valence-electron chi connectivity index (χ0n) is 7.82. The van der Waals surface area contributed by atoms with Crippen molar-refractivity contribution in [3.63, 3.8) is 0 Å². The average Bonchev–Trinajstić information content (AvgIpc) is 2.61. The number of aromatic nitrogens is 2. The van der Waals surface area contributed by atoms with Crippen molar-refractivity contribution in [2.45, 2.75) is 13.0 Å². The molecule has 1 amide bonds. The Balaban J connectivity index is 2.39. The van der Waals surface area contributed by atoms with Gasteiger partial charge < -0.3 is 10.3 Å². The Morgan fingerprint density at radius 2 is 2.29 bits per heavy atom. The summed E-state index contributed by atoms with van der Waals surface area (Å²) >= 11 is 0. The summed E-state index contributed by atoms with van der Waals surface area (Å²) in [5.41, 5.74) is 1.91. The van der Waals surface area contributed by atoms with Crippen molar-refractivity contribution in [3.05, 3.63) is 30.1 Å². The van der Waals surface area contributed by atoms with Crippen molar-refractivity contribution in [1.82, 2.24) is 15.3 Å². The standard InChI is InChI=1S/C10H11N3O/c1-7(11-6-14)10-12-8-4-2-3-5-9(8)13-10/h2-7H,1H3,(H,11,14)(H,12,13)/t7-/m1/s1. The molecule has 1 aromatic carbocycles. The van der Waals surface area contributed by atoms with Crippen LogP contribution < -0.4 is 5.32 Å². The molecule has 72 valence electrons. The number of H-pyrrole nitrogens is 1. The molecule has 0 saturated carbocycles. The van der Waals surface area contributed by atoms with Gasteiger partial charge in [-0.3, -0.25) is 4.79 Å². The van der Waals surface area contributed by atoms with Gasteiger partial charge in [0.1, 0.15) is 5.82 Å². The molecule has 0 radical (unpaired) electrons. The molecule has 14 heavy (non-hydrogen) atoms. The minimum absolute atomic E-state index is 0.0834. The molecule has 0 spiro atoms. The van der Waals surface area contributed by atoms with Crippen LogP contribution in [0.3, 0.4) is 0 Å². The molecule has 0 aliphatic carbocycles. The smallest absolute Gasteiger partial charge is 0.207 e. The maximum Gasteiger partial charge on any atom is 0.207 e. The summed E-state index contributed by atoms with van der Waals surface area (Å²) < 4.78 is 0. The Bertz CT molecular complexity index is 416. The van der Waals surface area contributed by atoms with Crippen molar-refractivity contribution in [2.24, 2.45) is 0 Å². The van der Waals surface area contributed by atoms with Gasteiger partial charge in [0.25, 0.3) is 0 Å². The molecule has 0 unspecified atom stereocenters. The zero-order valence-corrected chi connectivity index (χ0v) is 7.82. The van der Waals surface area contributed by atoms with Crippen LogP contribution in [0.15, 0.2) is 24.3 Å². The summed E-state index contributed by atoms with van der Waals surface area (Å²) in [4.78, 5) is 17.8. The number of benzene rings is 1. The van der Waals surface area contributed by atoms with Gasteiger partial charge in [-0.2, -0.15) is 0 Å². The molecule has 2 N–H and O–H groups in total. The minimum Gasteiger partial charge on any atom is -0.349 e. The first kappa shape index (κ1) is 8.74. The number of nitrogens with zero attached hydrogens (tertiary/aromatic N) is 1. The lowest BCUT2D eigenvalue weighted by Crippen LogP contribution is -2.17. The third-order valence-electron chi connectivity index (χ3n) is 2.14. The van der Waals surface area contributed by atoms with E-state index in [1.54, 1.807) is 0 Å². The van der Waals surface area contributed by atoms with Crippen molar-refractivity contribution >= 4 is 17.4 Å². The lowest BCUT2D eigenvalue weighted by molar-refractivity contribution is -0.110. The van der Waals surface area contributed by atoms with Crippen LogP contribution in [0.5, 0.6) is 0 Å². The van der Waals surface area contributed by atoms with Gasteiger partial charge in [0, 0.05) is 0 Å². The summed E-state index contributed by atoms with van der Waals surface area (Å²) in [5.74, 6) is 0.776. The van der Waals surface area contributed by atoms with Gasteiger partial charge in [-0.05, 0) is 19.1 Å². The quantitative estimate of drug-likeness (QED) is 0.716. The van der Waals surface area contributed by atoms with Crippen LogP contribution in [0.1, 0.15) is 18.8 Å². The third-order valence-corrected chi connectivity index (χ3v) is 2.14. The van der Waals surface area contributed by atoms with Crippen LogP contribution in [0.25, 0.3) is 11.0 Å². The first-order valence-electron chi connectivity index (χ1n) is 4.45. The minimum atomic E-state index is -0.0834. The first-order chi connectivity index (χ1) is 6.81. The van der Waals surface area contributed by atoms with Crippen LogP contribution in [0, 0.1) is 0 Å². The van der Waals surface area contributed by atoms with E-state index in [4.69, 9.17) is 0 Å². The summed E-state index contributed by atoms with van der Waals surface area (Å²) in [6, 6.07) is 7.69. The lowest BCUT2D eigenvalue weighted by Gasteiger charge is -2.04. The fourth-order valence-corrected chi connectivity index (χ4v) is 1.36. The normalized spacial score (nSPS) is 12.6. The molecule has 4 heteroatoms. The fourth-order valence-electron chi connectivity index (χ4n) is 1.36. The van der Waals surface area contributed by atoms with Gasteiger partial charge in [0.15, 0.2) is 0 Å². The first-order valence-corrected chi connectivity index (χ1v) is 4.45. The highest BCUT2D eigenvalue weighted by Crippen LogP contribution is 2.14. The van der Waals surface area contributed by atoms with Crippen molar-refractivity contribution in [2.75, 3.05) is 0 Å². The van der Waals surface area contributed by atoms with E-state index < -0.39 is 0 Å². The number of para-hydroxylation sites is 2. The lowest BCUT2D eigenvalue weighted by atomic mass is 10.3. The molecule has 0 aliphatic heterocycles. The number of carbonyl (C=O) groups excluding carboxylic acids is 1. The van der Waals surface area contributed by atoms with Crippen LogP contribution in [0.4, 0.5) is 0 Å². The Morgan fingerprint density at radius 1 is 1.50 bits per heavy atom. The maximum atomic E-state index is 10.3. The van der Waals surface area contributed by atoms with E-state index in [1.165, 1.54) is 0 Å². The summed E-state index contributed by atoms with van der Waals surface area (Å²) in [7, 11) is 0. The number of amides is 1. The Kier molecular flexibility index (Phi) is 2.18. The number of rotatable bonds is 3. The number of nitrogens with one attached hydrogen (secondary N) is 2. The van der Waals surface area contributed by atoms with Crippen LogP contribution >= 0.6 is 0 Å². The predicted octanol–water partition coefficient (Wildman–Crippen LogP) is 1.37. The van der Waals surface area contributed by atoms with Crippen molar-refractivity contribution < 1.29 is 4.79 Å². The van der Waals surface area contributed by atoms with E-state index in [2.05, 4.69) is 15.3 Å². The van der Waals surface area contributed by atoms with Gasteiger partial charge in [0.2, 0.25) is 6.41 Å². The second-order valence-electron chi connectivity index (χ2n) is 3.15. The Hall–Kier alpha value is -1.84. The van der Waals surface area contributed by atoms with Crippen LogP contribution in [-0.4, -0.2) is 16.4 Å². The Labute approximate surface area is 81.3 Å². The van der Waals surface area contributed by atoms with Gasteiger partial charge in [0.05, 0.1) is 17.1 Å². The summed E-state index contributed by atoms with van der Waals surface area (Å²) in [5, 5.41) is 2.65. The van der Waals surface area contributed by atoms with Gasteiger partial charge in [-0.1, -0.05) is 12.1 Å². The number of hydrogen-bond acceptors (Lipinski definition) is 2. The molecule has 0 aliphatic rings. The van der Waals surface area contributed by atoms with Crippen LogP contribution in [0.2, 0.25) is 0 Å². The third kappa shape index (κ3) is 1.46. The van der Waals surface area contributed by atoms with E-state index in [1.807, 2.05) is 31.2 Å². The molecule has 4 nitrogen and oxygen atoms in total. The topological polar surface area (TPSA) is 57.8 Å². The molecule has 1 heterocycles. The number of fused-ring (bicyclic) bond motifs is 1. The molecule has 1 aromatic heterocycles. The molecule has 1 atom stereocenters. The van der Waals surface area contributed by atoms with Crippen molar-refractivity contribution in [3.8, 4) is 0 Å². The maximum absolute atomic E-state index is 10.3. The number of aromatic amines is 1. The molecular weight excluding hydrogens is 178 g/mol. The highest BCUT2D eigenvalue weighted by molar-refractivity contribution is 5.74. The monoisotopic (exact) mass is 189 g/mol.